The molecule has 0 saturated heterocycles. The van der Waals surface area contributed by atoms with Crippen molar-refractivity contribution in [2.45, 2.75) is 59.3 Å². The Morgan fingerprint density at radius 1 is 0.938 bits per heavy atom. The summed E-state index contributed by atoms with van der Waals surface area (Å²) in [5.41, 5.74) is 3.00. The monoisotopic (exact) mass is 218 g/mol. The van der Waals surface area contributed by atoms with Crippen molar-refractivity contribution in [2.24, 2.45) is 5.92 Å². The third kappa shape index (κ3) is 4.00. The molecule has 2 aliphatic rings. The van der Waals surface area contributed by atoms with Gasteiger partial charge in [0.05, 0.1) is 0 Å². The van der Waals surface area contributed by atoms with Crippen LogP contribution in [0.25, 0.3) is 0 Å². The molecule has 0 amide bonds. The topological polar surface area (TPSA) is 0 Å². The molecule has 0 spiro atoms. The first-order valence-electron chi connectivity index (χ1n) is 6.91. The van der Waals surface area contributed by atoms with E-state index in [-0.39, 0.29) is 0 Å². The molecule has 0 aromatic carbocycles. The lowest BCUT2D eigenvalue weighted by Gasteiger charge is -2.22. The van der Waals surface area contributed by atoms with Gasteiger partial charge >= 0.3 is 0 Å². The first-order valence-corrected chi connectivity index (χ1v) is 6.91. The van der Waals surface area contributed by atoms with Gasteiger partial charge in [-0.1, -0.05) is 63.0 Å². The van der Waals surface area contributed by atoms with Crippen molar-refractivity contribution in [3.63, 3.8) is 0 Å². The third-order valence-corrected chi connectivity index (χ3v) is 3.41. The van der Waals surface area contributed by atoms with Gasteiger partial charge < -0.3 is 0 Å². The van der Waals surface area contributed by atoms with E-state index in [9.17, 15) is 0 Å². The van der Waals surface area contributed by atoms with E-state index in [1.807, 2.05) is 13.8 Å². The summed E-state index contributed by atoms with van der Waals surface area (Å²) >= 11 is 0. The van der Waals surface area contributed by atoms with Crippen LogP contribution in [0.1, 0.15) is 59.3 Å². The summed E-state index contributed by atoms with van der Waals surface area (Å²) in [5, 5.41) is 0. The summed E-state index contributed by atoms with van der Waals surface area (Å²) in [6, 6.07) is 0. The van der Waals surface area contributed by atoms with Crippen molar-refractivity contribution >= 4 is 0 Å². The van der Waals surface area contributed by atoms with Crippen molar-refractivity contribution in [1.82, 2.24) is 0 Å². The van der Waals surface area contributed by atoms with E-state index in [1.165, 1.54) is 37.7 Å². The van der Waals surface area contributed by atoms with Gasteiger partial charge in [-0.15, -0.1) is 0 Å². The molecule has 0 unspecified atom stereocenters. The normalized spacial score (nSPS) is 21.4. The second kappa shape index (κ2) is 7.49. The first-order chi connectivity index (χ1) is 7.86. The SMILES string of the molecule is CC.CC1=CCC=C(C2CCCCC2)C=C1. The quantitative estimate of drug-likeness (QED) is 0.551. The van der Waals surface area contributed by atoms with E-state index in [4.69, 9.17) is 0 Å². The summed E-state index contributed by atoms with van der Waals surface area (Å²) in [6.45, 7) is 6.19. The largest absolute Gasteiger partial charge is 0.0778 e. The fourth-order valence-electron chi connectivity index (χ4n) is 2.48. The van der Waals surface area contributed by atoms with Gasteiger partial charge in [0.15, 0.2) is 0 Å². The second-order valence-electron chi connectivity index (χ2n) is 4.56. The van der Waals surface area contributed by atoms with Crippen LogP contribution in [0.5, 0.6) is 0 Å². The van der Waals surface area contributed by atoms with Crippen LogP contribution in [-0.2, 0) is 0 Å². The molecule has 90 valence electrons. The molecule has 0 bridgehead atoms. The van der Waals surface area contributed by atoms with Crippen LogP contribution in [-0.4, -0.2) is 0 Å². The number of rotatable bonds is 1. The molecule has 0 N–H and O–H groups in total. The summed E-state index contributed by atoms with van der Waals surface area (Å²) in [5.74, 6) is 0.860. The maximum Gasteiger partial charge on any atom is -0.0158 e. The average molecular weight is 218 g/mol. The lowest BCUT2D eigenvalue weighted by molar-refractivity contribution is 0.408. The van der Waals surface area contributed by atoms with Crippen LogP contribution >= 0.6 is 0 Å². The zero-order chi connectivity index (χ0) is 11.8. The van der Waals surface area contributed by atoms with Crippen molar-refractivity contribution in [3.05, 3.63) is 35.5 Å². The van der Waals surface area contributed by atoms with E-state index >= 15 is 0 Å². The zero-order valence-electron chi connectivity index (χ0n) is 11.1. The van der Waals surface area contributed by atoms with Gasteiger partial charge in [0.1, 0.15) is 0 Å². The highest BCUT2D eigenvalue weighted by Crippen LogP contribution is 2.31. The molecule has 16 heavy (non-hydrogen) atoms. The van der Waals surface area contributed by atoms with E-state index in [0.29, 0.717) is 0 Å². The second-order valence-corrected chi connectivity index (χ2v) is 4.56. The molecule has 0 aromatic rings. The van der Waals surface area contributed by atoms with Crippen LogP contribution in [0.2, 0.25) is 0 Å². The molecule has 1 saturated carbocycles. The van der Waals surface area contributed by atoms with Gasteiger partial charge in [-0.3, -0.25) is 0 Å². The minimum Gasteiger partial charge on any atom is -0.0778 e. The summed E-state index contributed by atoms with van der Waals surface area (Å²) in [6.07, 6.45) is 17.6. The van der Waals surface area contributed by atoms with Crippen molar-refractivity contribution in [3.8, 4) is 0 Å². The molecule has 2 rings (SSSR count). The molecule has 0 heterocycles. The van der Waals surface area contributed by atoms with Crippen molar-refractivity contribution in [1.29, 1.82) is 0 Å². The zero-order valence-corrected chi connectivity index (χ0v) is 11.1. The lowest BCUT2D eigenvalue weighted by atomic mass is 9.83. The summed E-state index contributed by atoms with van der Waals surface area (Å²) in [7, 11) is 0. The van der Waals surface area contributed by atoms with Gasteiger partial charge in [-0.2, -0.15) is 0 Å². The molecule has 0 aromatic heterocycles. The Bertz CT molecular complexity index is 272. The third-order valence-electron chi connectivity index (χ3n) is 3.41. The fraction of sp³-hybridized carbons (Fsp3) is 0.625. The molecule has 0 radical (unpaired) electrons. The van der Waals surface area contributed by atoms with Gasteiger partial charge in [-0.05, 0) is 37.7 Å². The smallest absolute Gasteiger partial charge is 0.0158 e. The summed E-state index contributed by atoms with van der Waals surface area (Å²) in [4.78, 5) is 0. The molecule has 0 aliphatic heterocycles. The maximum atomic E-state index is 2.42. The minimum atomic E-state index is 0.860. The van der Waals surface area contributed by atoms with Crippen molar-refractivity contribution < 1.29 is 0 Å². The predicted molar refractivity (Wildman–Crippen MR) is 73.5 cm³/mol. The van der Waals surface area contributed by atoms with Crippen molar-refractivity contribution in [2.75, 3.05) is 0 Å². The predicted octanol–water partition coefficient (Wildman–Crippen LogP) is 5.43. The Hall–Kier alpha value is -0.780. The maximum absolute atomic E-state index is 2.42. The highest BCUT2D eigenvalue weighted by atomic mass is 14.2. The highest BCUT2D eigenvalue weighted by molar-refractivity contribution is 5.32. The molecule has 2 aliphatic carbocycles. The molecule has 0 nitrogen and oxygen atoms in total. The average Bonchev–Trinajstić information content (AvgIpc) is 2.58. The standard InChI is InChI=1S/C14H20.C2H6/c1-12-6-5-9-14(11-10-12)13-7-3-2-4-8-13;1-2/h6,9-11,13H,2-5,7-8H2,1H3;1-2H3. The molecule has 0 atom stereocenters. The van der Waals surface area contributed by atoms with Gasteiger partial charge in [0, 0.05) is 0 Å². The number of hydrogen-bond acceptors (Lipinski definition) is 0. The Morgan fingerprint density at radius 2 is 1.62 bits per heavy atom. The Kier molecular flexibility index (Phi) is 6.22. The van der Waals surface area contributed by atoms with Gasteiger partial charge in [-0.25, -0.2) is 0 Å². The highest BCUT2D eigenvalue weighted by Gasteiger charge is 2.16. The van der Waals surface area contributed by atoms with E-state index in [1.54, 1.807) is 5.57 Å². The Morgan fingerprint density at radius 3 is 2.31 bits per heavy atom. The number of allylic oxidation sites excluding steroid dienone is 6. The Labute approximate surface area is 101 Å². The lowest BCUT2D eigenvalue weighted by Crippen LogP contribution is -2.07. The van der Waals surface area contributed by atoms with Crippen LogP contribution in [0.3, 0.4) is 0 Å². The Balaban J connectivity index is 0.000000606. The number of hydrogen-bond donors (Lipinski definition) is 0. The van der Waals surface area contributed by atoms with Crippen LogP contribution in [0, 0.1) is 5.92 Å². The van der Waals surface area contributed by atoms with Crippen LogP contribution < -0.4 is 0 Å². The van der Waals surface area contributed by atoms with E-state index < -0.39 is 0 Å². The van der Waals surface area contributed by atoms with Crippen LogP contribution in [0.15, 0.2) is 35.5 Å². The van der Waals surface area contributed by atoms with Gasteiger partial charge in [0.25, 0.3) is 0 Å². The molecular weight excluding hydrogens is 192 g/mol. The van der Waals surface area contributed by atoms with E-state index in [2.05, 4.69) is 31.2 Å². The first kappa shape index (κ1) is 13.3. The minimum absolute atomic E-state index is 0.860. The summed E-state index contributed by atoms with van der Waals surface area (Å²) < 4.78 is 0. The van der Waals surface area contributed by atoms with E-state index in [0.717, 1.165) is 12.3 Å². The molecular formula is C16H26. The van der Waals surface area contributed by atoms with Crippen LogP contribution in [0.4, 0.5) is 0 Å². The molecule has 1 fully saturated rings. The molecule has 0 heteroatoms. The van der Waals surface area contributed by atoms with Gasteiger partial charge in [0.2, 0.25) is 0 Å². The fourth-order valence-corrected chi connectivity index (χ4v) is 2.48.